The van der Waals surface area contributed by atoms with E-state index in [0.717, 1.165) is 35.2 Å². The van der Waals surface area contributed by atoms with E-state index >= 15 is 0 Å². The molecule has 33 heavy (non-hydrogen) atoms. The van der Waals surface area contributed by atoms with Gasteiger partial charge >= 0.3 is 18.9 Å². The first-order valence-electron chi connectivity index (χ1n) is 12.0. The molecule has 0 bridgehead atoms. The first kappa shape index (κ1) is 27.8. The van der Waals surface area contributed by atoms with E-state index in [1.165, 1.54) is 37.7 Å². The molecule has 3 nitrogen and oxygen atoms in total. The minimum absolute atomic E-state index is 0. The summed E-state index contributed by atoms with van der Waals surface area (Å²) < 4.78 is 0. The molecular weight excluding hydrogens is 421 g/mol. The van der Waals surface area contributed by atoms with Crippen molar-refractivity contribution in [1.82, 2.24) is 4.90 Å². The Kier molecular flexibility index (Phi) is 11.3. The van der Waals surface area contributed by atoms with E-state index in [4.69, 9.17) is 12.2 Å². The van der Waals surface area contributed by atoms with Gasteiger partial charge in [-0.2, -0.15) is 0 Å². The van der Waals surface area contributed by atoms with Gasteiger partial charge < -0.3 is 5.11 Å². The molecule has 0 aliphatic heterocycles. The zero-order chi connectivity index (χ0) is 23.1. The van der Waals surface area contributed by atoms with Gasteiger partial charge in [-0.05, 0) is 67.5 Å². The average molecular weight is 458 g/mol. The predicted octanol–water partition coefficient (Wildman–Crippen LogP) is 3.11. The number of nitrogens with zero attached hydrogens (tertiary/aromatic N) is 1. The second-order valence-corrected chi connectivity index (χ2v) is 9.83. The fraction of sp³-hybridized carbons (Fsp3) is 0.500. The second kappa shape index (κ2) is 13.4. The fourth-order valence-corrected chi connectivity index (χ4v) is 5.17. The molecule has 1 fully saturated rings. The Morgan fingerprint density at radius 3 is 2.42 bits per heavy atom. The third-order valence-corrected chi connectivity index (χ3v) is 7.12. The number of rotatable bonds is 10. The number of hydrogen-bond acceptors (Lipinski definition) is 4. The van der Waals surface area contributed by atoms with Gasteiger partial charge in [0.2, 0.25) is 0 Å². The first-order chi connectivity index (χ1) is 15.4. The molecule has 0 radical (unpaired) electrons. The smallest absolute Gasteiger partial charge is 0.867 e. The van der Waals surface area contributed by atoms with Crippen molar-refractivity contribution in [2.45, 2.75) is 77.8 Å². The zero-order valence-electron chi connectivity index (χ0n) is 20.7. The van der Waals surface area contributed by atoms with Gasteiger partial charge in [-0.25, -0.2) is 0 Å². The molecule has 2 aromatic carbocycles. The molecule has 0 saturated heterocycles. The largest absolute Gasteiger partial charge is 1.00 e. The summed E-state index contributed by atoms with van der Waals surface area (Å²) in [6.07, 6.45) is 7.98. The fourth-order valence-electron chi connectivity index (χ4n) is 4.94. The van der Waals surface area contributed by atoms with E-state index in [0.29, 0.717) is 18.9 Å². The molecule has 1 aliphatic carbocycles. The van der Waals surface area contributed by atoms with Gasteiger partial charge in [0.1, 0.15) is 0 Å². The molecule has 1 aliphatic rings. The molecule has 1 saturated carbocycles. The second-order valence-electron chi connectivity index (χ2n) is 9.38. The van der Waals surface area contributed by atoms with Gasteiger partial charge in [-0.1, -0.05) is 74.1 Å². The number of ketones is 1. The van der Waals surface area contributed by atoms with Gasteiger partial charge in [0, 0.05) is 24.6 Å². The molecule has 0 spiro atoms. The van der Waals surface area contributed by atoms with E-state index in [2.05, 4.69) is 43.1 Å². The van der Waals surface area contributed by atoms with E-state index in [1.54, 1.807) is 0 Å². The number of aryl methyl sites for hydroxylation is 1. The molecular formula is C28H36LiNO2S. The summed E-state index contributed by atoms with van der Waals surface area (Å²) in [6.45, 7) is 5.00. The zero-order valence-corrected chi connectivity index (χ0v) is 21.5. The van der Waals surface area contributed by atoms with Crippen molar-refractivity contribution < 1.29 is 28.8 Å². The number of benzene rings is 2. The summed E-state index contributed by atoms with van der Waals surface area (Å²) in [5.74, 6) is 0.105. The third kappa shape index (κ3) is 7.79. The van der Waals surface area contributed by atoms with Crippen LogP contribution in [0.4, 0.5) is 0 Å². The predicted molar refractivity (Wildman–Crippen MR) is 135 cm³/mol. The van der Waals surface area contributed by atoms with Crippen LogP contribution in [0.15, 0.2) is 42.5 Å². The molecule has 172 valence electrons. The van der Waals surface area contributed by atoms with Gasteiger partial charge in [0.25, 0.3) is 0 Å². The van der Waals surface area contributed by atoms with Crippen LogP contribution in [-0.2, 0) is 6.54 Å². The van der Waals surface area contributed by atoms with Crippen molar-refractivity contribution in [2.24, 2.45) is 5.92 Å². The van der Waals surface area contributed by atoms with Crippen molar-refractivity contribution in [1.29, 1.82) is 0 Å². The number of carbonyl (C=O) groups is 1. The molecule has 3 rings (SSSR count). The Bertz CT molecular complexity index is 939. The Balaban J connectivity index is 0.00000385. The quantitative estimate of drug-likeness (QED) is 0.312. The van der Waals surface area contributed by atoms with E-state index in [-0.39, 0.29) is 35.6 Å². The minimum atomic E-state index is -0.259. The third-order valence-electron chi connectivity index (χ3n) is 6.96. The van der Waals surface area contributed by atoms with Gasteiger partial charge in [0.05, 0.1) is 0 Å². The van der Waals surface area contributed by atoms with Gasteiger partial charge in [-0.3, -0.25) is 9.69 Å². The van der Waals surface area contributed by atoms with Gasteiger partial charge in [-0.15, -0.1) is 12.2 Å². The minimum Gasteiger partial charge on any atom is -0.867 e. The maximum absolute atomic E-state index is 13.3. The topological polar surface area (TPSA) is 43.4 Å². The Hall–Kier alpha value is -1.44. The molecule has 0 amide bonds. The van der Waals surface area contributed by atoms with Crippen LogP contribution in [0.3, 0.4) is 0 Å². The number of hydrogen-bond donors (Lipinski definition) is 0. The number of Topliss-reactive ketones (excluding diaryl/α,β-unsaturated/α-hetero) is 1. The molecule has 1 unspecified atom stereocenters. The van der Waals surface area contributed by atoms with Crippen LogP contribution >= 0.6 is 12.2 Å². The summed E-state index contributed by atoms with van der Waals surface area (Å²) >= 11 is 4.77. The average Bonchev–Trinajstić information content (AvgIpc) is 2.79. The Morgan fingerprint density at radius 2 is 1.79 bits per heavy atom. The normalized spacial score (nSPS) is 15.2. The summed E-state index contributed by atoms with van der Waals surface area (Å²) in [5, 5.41) is 11.2. The maximum atomic E-state index is 13.3. The van der Waals surface area contributed by atoms with Crippen molar-refractivity contribution >= 4 is 23.1 Å². The van der Waals surface area contributed by atoms with Crippen LogP contribution < -0.4 is 24.0 Å². The maximum Gasteiger partial charge on any atom is 1.00 e. The van der Waals surface area contributed by atoms with Crippen LogP contribution in [0.1, 0.15) is 79.8 Å². The van der Waals surface area contributed by atoms with E-state index in [1.807, 2.05) is 25.1 Å². The molecule has 5 heteroatoms. The van der Waals surface area contributed by atoms with Crippen LogP contribution in [0.5, 0.6) is 0 Å². The number of thiocarbonyl (C=S) groups is 1. The summed E-state index contributed by atoms with van der Waals surface area (Å²) in [5.41, 5.74) is 5.25. The molecule has 2 aromatic rings. The molecule has 0 aromatic heterocycles. The Labute approximate surface area is 217 Å². The van der Waals surface area contributed by atoms with Crippen LogP contribution in [0.25, 0.3) is 11.1 Å². The summed E-state index contributed by atoms with van der Waals surface area (Å²) in [6, 6.07) is 15.2. The molecule has 1 atom stereocenters. The standard InChI is InChI=1S/C28H37NO2S.Li/c1-4-21(18-28(31)32)17-27(30)25-15-14-22(19-29(3)23-11-6-5-7-12-23)16-26(25)24-13-9-8-10-20(24)2;/h8-10,13-16,21,23H,4-7,11-12,17-19H2,1-3H3,(H,31,32);/q;+1/p-1. The summed E-state index contributed by atoms with van der Waals surface area (Å²) in [4.78, 5) is 15.8. The van der Waals surface area contributed by atoms with E-state index in [9.17, 15) is 9.90 Å². The van der Waals surface area contributed by atoms with Crippen LogP contribution in [-0.4, -0.2) is 28.8 Å². The van der Waals surface area contributed by atoms with Gasteiger partial charge in [0.15, 0.2) is 5.78 Å². The van der Waals surface area contributed by atoms with Crippen LogP contribution in [0.2, 0.25) is 0 Å². The molecule has 0 N–H and O–H groups in total. The van der Waals surface area contributed by atoms with Crippen molar-refractivity contribution in [3.05, 3.63) is 59.2 Å². The SMILES string of the molecule is CCC(CC(=O)c1ccc(CN(C)C2CCCCC2)cc1-c1ccccc1C)CC([O-])=S.[Li+]. The first-order valence-corrected chi connectivity index (χ1v) is 12.4. The van der Waals surface area contributed by atoms with Crippen molar-refractivity contribution in [3.63, 3.8) is 0 Å². The van der Waals surface area contributed by atoms with E-state index < -0.39 is 0 Å². The van der Waals surface area contributed by atoms with Crippen LogP contribution in [0, 0.1) is 12.8 Å². The number of carbonyl (C=O) groups excluding carboxylic acids is 1. The van der Waals surface area contributed by atoms with Crippen molar-refractivity contribution in [3.8, 4) is 11.1 Å². The van der Waals surface area contributed by atoms with Crippen molar-refractivity contribution in [2.75, 3.05) is 7.05 Å². The Morgan fingerprint density at radius 1 is 1.09 bits per heavy atom. The monoisotopic (exact) mass is 457 g/mol. The molecule has 0 heterocycles. The summed E-state index contributed by atoms with van der Waals surface area (Å²) in [7, 11) is 2.22.